The maximum atomic E-state index is 12.8. The lowest BCUT2D eigenvalue weighted by Crippen LogP contribution is -2.52. The van der Waals surface area contributed by atoms with Crippen molar-refractivity contribution in [2.24, 2.45) is 5.92 Å². The molecule has 1 aliphatic heterocycles. The normalized spacial score (nSPS) is 23.6. The number of carbonyl (C=O) groups excluding carboxylic acids is 1. The highest BCUT2D eigenvalue weighted by atomic mass is 32.2. The minimum atomic E-state index is -0.890. The molecule has 1 aliphatic carbocycles. The van der Waals surface area contributed by atoms with Crippen LogP contribution in [0.4, 0.5) is 4.79 Å². The van der Waals surface area contributed by atoms with Crippen molar-refractivity contribution in [3.8, 4) is 0 Å². The van der Waals surface area contributed by atoms with Gasteiger partial charge in [0.2, 0.25) is 0 Å². The number of urea groups is 1. The zero-order valence-corrected chi connectivity index (χ0v) is 13.1. The van der Waals surface area contributed by atoms with E-state index in [9.17, 15) is 14.7 Å². The Morgan fingerprint density at radius 2 is 2.00 bits per heavy atom. The molecule has 1 saturated heterocycles. The Morgan fingerprint density at radius 1 is 1.35 bits per heavy atom. The van der Waals surface area contributed by atoms with Crippen molar-refractivity contribution in [1.29, 1.82) is 0 Å². The van der Waals surface area contributed by atoms with Crippen molar-refractivity contribution >= 4 is 23.8 Å². The van der Waals surface area contributed by atoms with Gasteiger partial charge < -0.3 is 14.9 Å². The van der Waals surface area contributed by atoms with Gasteiger partial charge in [-0.1, -0.05) is 26.7 Å². The van der Waals surface area contributed by atoms with Crippen LogP contribution in [0.1, 0.15) is 39.5 Å². The third kappa shape index (κ3) is 3.40. The standard InChI is InChI=1S/C14H24N2O3S/c1-10(2)7-15(11-5-3-4-6-11)14(19)16-9-20-8-12(16)13(17)18/h10-12H,3-9H2,1-2H3,(H,17,18). The second-order valence-electron chi connectivity index (χ2n) is 6.09. The highest BCUT2D eigenvalue weighted by molar-refractivity contribution is 7.99. The third-order valence-corrected chi connectivity index (χ3v) is 5.00. The fraction of sp³-hybridized carbons (Fsp3) is 0.857. The Labute approximate surface area is 124 Å². The lowest BCUT2D eigenvalue weighted by molar-refractivity contribution is -0.141. The van der Waals surface area contributed by atoms with E-state index in [1.807, 2.05) is 4.90 Å². The van der Waals surface area contributed by atoms with Gasteiger partial charge in [-0.15, -0.1) is 11.8 Å². The average Bonchev–Trinajstić information content (AvgIpc) is 3.05. The third-order valence-electron chi connectivity index (χ3n) is 3.99. The van der Waals surface area contributed by atoms with E-state index in [1.165, 1.54) is 29.5 Å². The summed E-state index contributed by atoms with van der Waals surface area (Å²) in [7, 11) is 0. The van der Waals surface area contributed by atoms with E-state index < -0.39 is 12.0 Å². The summed E-state index contributed by atoms with van der Waals surface area (Å²) in [5, 5.41) is 9.24. The Kier molecular flexibility index (Phi) is 5.18. The first-order chi connectivity index (χ1) is 9.50. The molecule has 0 aromatic heterocycles. The number of carboxylic acids is 1. The topological polar surface area (TPSA) is 60.9 Å². The maximum Gasteiger partial charge on any atom is 0.327 e. The molecule has 6 heteroatoms. The van der Waals surface area contributed by atoms with Crippen molar-refractivity contribution in [1.82, 2.24) is 9.80 Å². The zero-order valence-electron chi connectivity index (χ0n) is 12.2. The van der Waals surface area contributed by atoms with Gasteiger partial charge in [-0.2, -0.15) is 0 Å². The Bertz CT molecular complexity index is 369. The number of carbonyl (C=O) groups is 2. The summed E-state index contributed by atoms with van der Waals surface area (Å²) >= 11 is 1.52. The van der Waals surface area contributed by atoms with E-state index in [4.69, 9.17) is 0 Å². The van der Waals surface area contributed by atoms with E-state index in [0.717, 1.165) is 19.4 Å². The molecule has 0 spiro atoms. The van der Waals surface area contributed by atoms with Crippen LogP contribution < -0.4 is 0 Å². The molecule has 1 atom stereocenters. The van der Waals surface area contributed by atoms with Crippen LogP contribution in [0.25, 0.3) is 0 Å². The van der Waals surface area contributed by atoms with Gasteiger partial charge in [-0.05, 0) is 18.8 Å². The first kappa shape index (κ1) is 15.5. The van der Waals surface area contributed by atoms with E-state index in [-0.39, 0.29) is 6.03 Å². The van der Waals surface area contributed by atoms with Gasteiger partial charge in [0.05, 0.1) is 5.88 Å². The molecule has 114 valence electrons. The van der Waals surface area contributed by atoms with Crippen molar-refractivity contribution in [2.45, 2.75) is 51.6 Å². The Balaban J connectivity index is 2.10. The molecule has 1 heterocycles. The second-order valence-corrected chi connectivity index (χ2v) is 7.09. The van der Waals surface area contributed by atoms with Crippen LogP contribution in [0.5, 0.6) is 0 Å². The van der Waals surface area contributed by atoms with Gasteiger partial charge >= 0.3 is 12.0 Å². The van der Waals surface area contributed by atoms with Gasteiger partial charge in [-0.3, -0.25) is 0 Å². The summed E-state index contributed by atoms with van der Waals surface area (Å²) in [5.74, 6) is 0.510. The number of amides is 2. The summed E-state index contributed by atoms with van der Waals surface area (Å²) in [4.78, 5) is 27.5. The highest BCUT2D eigenvalue weighted by Crippen LogP contribution is 2.28. The smallest absolute Gasteiger partial charge is 0.327 e. The maximum absolute atomic E-state index is 12.8. The molecular weight excluding hydrogens is 276 g/mol. The lowest BCUT2D eigenvalue weighted by atomic mass is 10.1. The Hall–Kier alpha value is -0.910. The van der Waals surface area contributed by atoms with Crippen LogP contribution in [0, 0.1) is 5.92 Å². The number of hydrogen-bond acceptors (Lipinski definition) is 3. The van der Waals surface area contributed by atoms with Gasteiger partial charge in [0, 0.05) is 18.3 Å². The Morgan fingerprint density at radius 3 is 2.55 bits per heavy atom. The van der Waals surface area contributed by atoms with E-state index in [1.54, 1.807) is 0 Å². The van der Waals surface area contributed by atoms with Crippen molar-refractivity contribution in [3.63, 3.8) is 0 Å². The first-order valence-electron chi connectivity index (χ1n) is 7.38. The molecule has 2 rings (SSSR count). The van der Waals surface area contributed by atoms with Crippen LogP contribution >= 0.6 is 11.8 Å². The number of rotatable bonds is 4. The van der Waals surface area contributed by atoms with E-state index >= 15 is 0 Å². The van der Waals surface area contributed by atoms with Crippen LogP contribution in [0.15, 0.2) is 0 Å². The summed E-state index contributed by atoms with van der Waals surface area (Å²) in [6.07, 6.45) is 4.45. The van der Waals surface area contributed by atoms with Crippen LogP contribution in [-0.2, 0) is 4.79 Å². The molecule has 20 heavy (non-hydrogen) atoms. The fourth-order valence-electron chi connectivity index (χ4n) is 2.99. The van der Waals surface area contributed by atoms with E-state index in [0.29, 0.717) is 23.6 Å². The lowest BCUT2D eigenvalue weighted by Gasteiger charge is -2.35. The molecule has 0 aromatic rings. The molecule has 1 unspecified atom stereocenters. The number of nitrogens with zero attached hydrogens (tertiary/aromatic N) is 2. The number of carboxylic acid groups (broad SMARTS) is 1. The molecule has 2 aliphatic rings. The SMILES string of the molecule is CC(C)CN(C(=O)N1CSCC1C(=O)O)C1CCCC1. The molecule has 5 nitrogen and oxygen atoms in total. The fourth-order valence-corrected chi connectivity index (χ4v) is 4.13. The van der Waals surface area contributed by atoms with Crippen LogP contribution in [-0.4, -0.2) is 57.2 Å². The number of aliphatic carboxylic acids is 1. The monoisotopic (exact) mass is 300 g/mol. The quantitative estimate of drug-likeness (QED) is 0.866. The summed E-state index contributed by atoms with van der Waals surface area (Å²) in [6, 6.07) is -0.448. The number of thioether (sulfide) groups is 1. The molecule has 0 bridgehead atoms. The minimum absolute atomic E-state index is 0.0806. The molecule has 0 radical (unpaired) electrons. The minimum Gasteiger partial charge on any atom is -0.480 e. The summed E-state index contributed by atoms with van der Waals surface area (Å²) in [6.45, 7) is 4.92. The molecule has 1 saturated carbocycles. The predicted molar refractivity (Wildman–Crippen MR) is 79.8 cm³/mol. The van der Waals surface area contributed by atoms with Gasteiger partial charge in [0.1, 0.15) is 6.04 Å². The largest absolute Gasteiger partial charge is 0.480 e. The summed E-state index contributed by atoms with van der Waals surface area (Å²) < 4.78 is 0. The first-order valence-corrected chi connectivity index (χ1v) is 8.54. The molecule has 2 amide bonds. The molecule has 2 fully saturated rings. The van der Waals surface area contributed by atoms with Gasteiger partial charge in [-0.25, -0.2) is 9.59 Å². The van der Waals surface area contributed by atoms with Gasteiger partial charge in [0.15, 0.2) is 0 Å². The van der Waals surface area contributed by atoms with Crippen LogP contribution in [0.2, 0.25) is 0 Å². The molecule has 0 aromatic carbocycles. The number of hydrogen-bond donors (Lipinski definition) is 1. The second kappa shape index (κ2) is 6.70. The molecular formula is C14H24N2O3S. The average molecular weight is 300 g/mol. The van der Waals surface area contributed by atoms with Crippen molar-refractivity contribution in [2.75, 3.05) is 18.2 Å². The van der Waals surface area contributed by atoms with Crippen molar-refractivity contribution in [3.05, 3.63) is 0 Å². The van der Waals surface area contributed by atoms with E-state index in [2.05, 4.69) is 13.8 Å². The predicted octanol–water partition coefficient (Wildman–Crippen LogP) is 2.47. The van der Waals surface area contributed by atoms with Crippen molar-refractivity contribution < 1.29 is 14.7 Å². The summed E-state index contributed by atoms with van der Waals surface area (Å²) in [5.41, 5.74) is 0. The van der Waals surface area contributed by atoms with Crippen LogP contribution in [0.3, 0.4) is 0 Å². The zero-order chi connectivity index (χ0) is 14.7. The highest BCUT2D eigenvalue weighted by Gasteiger charge is 2.39. The van der Waals surface area contributed by atoms with Gasteiger partial charge in [0.25, 0.3) is 0 Å². The molecule has 1 N–H and O–H groups in total.